The normalized spacial score (nSPS) is 19.1. The Morgan fingerprint density at radius 3 is 2.46 bits per heavy atom. The minimum absolute atomic E-state index is 0.102. The van der Waals surface area contributed by atoms with Crippen LogP contribution in [0.1, 0.15) is 48.9 Å². The number of benzene rings is 2. The van der Waals surface area contributed by atoms with Crippen LogP contribution in [0.5, 0.6) is 0 Å². The van der Waals surface area contributed by atoms with E-state index >= 15 is 0 Å². The minimum atomic E-state index is -4.57. The molecule has 1 aliphatic heterocycles. The molecule has 2 aromatic carbocycles. The van der Waals surface area contributed by atoms with Gasteiger partial charge >= 0.3 is 12.2 Å². The van der Waals surface area contributed by atoms with E-state index in [-0.39, 0.29) is 18.1 Å². The average molecular weight is 509 g/mol. The van der Waals surface area contributed by atoms with Crippen LogP contribution in [0, 0.1) is 11.3 Å². The zero-order chi connectivity index (χ0) is 26.9. The second kappa shape index (κ2) is 10.1. The van der Waals surface area contributed by atoms with Gasteiger partial charge in [-0.1, -0.05) is 24.3 Å². The number of nitrogens with zero attached hydrogens (tertiary/aromatic N) is 4. The van der Waals surface area contributed by atoms with Crippen LogP contribution in [0.3, 0.4) is 0 Å². The molecule has 6 nitrogen and oxygen atoms in total. The van der Waals surface area contributed by atoms with Gasteiger partial charge in [-0.2, -0.15) is 18.4 Å². The van der Waals surface area contributed by atoms with Crippen LogP contribution in [-0.4, -0.2) is 42.4 Å². The average Bonchev–Trinajstić information content (AvgIpc) is 2.88. The van der Waals surface area contributed by atoms with E-state index in [1.807, 2.05) is 13.0 Å². The summed E-state index contributed by atoms with van der Waals surface area (Å²) < 4.78 is 40.7. The van der Waals surface area contributed by atoms with Crippen molar-refractivity contribution in [1.29, 1.82) is 5.26 Å². The van der Waals surface area contributed by atoms with Crippen LogP contribution < -0.4 is 4.90 Å². The van der Waals surface area contributed by atoms with Gasteiger partial charge in [0.05, 0.1) is 28.9 Å². The minimum Gasteiger partial charge on any atom is -0.347 e. The molecule has 0 bridgehead atoms. The summed E-state index contributed by atoms with van der Waals surface area (Å²) in [6.45, 7) is 1.63. The summed E-state index contributed by atoms with van der Waals surface area (Å²) >= 11 is 0. The summed E-state index contributed by atoms with van der Waals surface area (Å²) in [6.07, 6.45) is -0.646. The number of halogens is 3. The fourth-order valence-corrected chi connectivity index (χ4v) is 4.90. The first-order valence-electron chi connectivity index (χ1n) is 11.9. The standard InChI is InChI=1S/C28H27F3N4O2/c1-4-19-7-5-10-23-25(19)26(20-13-11-18(16-32)12-14-20)34(17-24(36)33(2)3)27(37)35(23)22-9-6-8-21(15-22)28(29,30)31/h4,6,8-9,11-15,26H,5,7,10,17H2,1-3H3/t26-/m1/s1. The molecule has 37 heavy (non-hydrogen) atoms. The van der Waals surface area contributed by atoms with E-state index in [0.29, 0.717) is 17.7 Å². The third-order valence-corrected chi connectivity index (χ3v) is 6.75. The van der Waals surface area contributed by atoms with Crippen molar-refractivity contribution in [1.82, 2.24) is 9.80 Å². The summed E-state index contributed by atoms with van der Waals surface area (Å²) in [5.74, 6) is -0.321. The van der Waals surface area contributed by atoms with Crippen LogP contribution in [0.2, 0.25) is 0 Å². The Morgan fingerprint density at radius 1 is 1.16 bits per heavy atom. The molecule has 9 heteroatoms. The number of nitriles is 1. The predicted molar refractivity (Wildman–Crippen MR) is 133 cm³/mol. The quantitative estimate of drug-likeness (QED) is 0.506. The third-order valence-electron chi connectivity index (χ3n) is 6.75. The monoisotopic (exact) mass is 508 g/mol. The summed E-state index contributed by atoms with van der Waals surface area (Å²) in [5.41, 5.74) is 2.83. The van der Waals surface area contributed by atoms with Crippen LogP contribution in [0.25, 0.3) is 0 Å². The number of carbonyl (C=O) groups excluding carboxylic acids is 2. The van der Waals surface area contributed by atoms with E-state index in [1.165, 1.54) is 26.8 Å². The van der Waals surface area contributed by atoms with Gasteiger partial charge in [0, 0.05) is 25.4 Å². The topological polar surface area (TPSA) is 67.6 Å². The van der Waals surface area contributed by atoms with Crippen molar-refractivity contribution >= 4 is 17.6 Å². The van der Waals surface area contributed by atoms with Crippen LogP contribution in [-0.2, 0) is 11.0 Å². The molecule has 0 saturated carbocycles. The molecule has 1 heterocycles. The second-order valence-corrected chi connectivity index (χ2v) is 9.25. The van der Waals surface area contributed by atoms with Gasteiger partial charge in [-0.3, -0.25) is 9.69 Å². The van der Waals surface area contributed by atoms with E-state index < -0.39 is 23.8 Å². The van der Waals surface area contributed by atoms with Crippen molar-refractivity contribution in [3.05, 3.63) is 88.1 Å². The lowest BCUT2D eigenvalue weighted by molar-refractivity contribution is -0.137. The number of anilines is 1. The Balaban J connectivity index is 1.97. The highest BCUT2D eigenvalue weighted by molar-refractivity contribution is 6.00. The van der Waals surface area contributed by atoms with Crippen molar-refractivity contribution in [2.24, 2.45) is 0 Å². The van der Waals surface area contributed by atoms with Crippen molar-refractivity contribution < 1.29 is 22.8 Å². The summed E-state index contributed by atoms with van der Waals surface area (Å²) in [7, 11) is 3.17. The Kier molecular flexibility index (Phi) is 7.12. The number of hydrogen-bond donors (Lipinski definition) is 0. The molecular weight excluding hydrogens is 481 g/mol. The van der Waals surface area contributed by atoms with Gasteiger partial charge in [0.1, 0.15) is 6.54 Å². The number of carbonyl (C=O) groups is 2. The maximum atomic E-state index is 14.1. The summed E-state index contributed by atoms with van der Waals surface area (Å²) in [4.78, 5) is 31.1. The number of allylic oxidation sites excluding steroid dienone is 2. The highest BCUT2D eigenvalue weighted by Gasteiger charge is 2.44. The van der Waals surface area contributed by atoms with Gasteiger partial charge in [0.25, 0.3) is 0 Å². The number of urea groups is 1. The molecule has 0 fully saturated rings. The first kappa shape index (κ1) is 26.0. The molecular formula is C28H27F3N4O2. The molecule has 0 unspecified atom stereocenters. The van der Waals surface area contributed by atoms with Gasteiger partial charge < -0.3 is 9.80 Å². The number of hydrogen-bond acceptors (Lipinski definition) is 3. The van der Waals surface area contributed by atoms with E-state index in [9.17, 15) is 28.0 Å². The lowest BCUT2D eigenvalue weighted by atomic mass is 9.80. The summed E-state index contributed by atoms with van der Waals surface area (Å²) in [5, 5.41) is 9.25. The molecule has 4 rings (SSSR count). The Morgan fingerprint density at radius 2 is 1.86 bits per heavy atom. The molecule has 192 valence electrons. The van der Waals surface area contributed by atoms with Gasteiger partial charge in [0.15, 0.2) is 0 Å². The first-order valence-corrected chi connectivity index (χ1v) is 11.9. The molecule has 3 amide bonds. The van der Waals surface area contributed by atoms with Gasteiger partial charge in [-0.15, -0.1) is 0 Å². The number of rotatable bonds is 4. The largest absolute Gasteiger partial charge is 0.416 e. The predicted octanol–water partition coefficient (Wildman–Crippen LogP) is 6.03. The van der Waals surface area contributed by atoms with Gasteiger partial charge in [-0.25, -0.2) is 4.79 Å². The molecule has 2 aliphatic rings. The van der Waals surface area contributed by atoms with Crippen LogP contribution in [0.15, 0.2) is 71.5 Å². The van der Waals surface area contributed by atoms with E-state index in [2.05, 4.69) is 6.07 Å². The lowest BCUT2D eigenvalue weighted by Crippen LogP contribution is -2.53. The lowest BCUT2D eigenvalue weighted by Gasteiger charge is -2.46. The third kappa shape index (κ3) is 4.96. The first-order chi connectivity index (χ1) is 17.6. The van der Waals surface area contributed by atoms with E-state index in [1.54, 1.807) is 38.4 Å². The zero-order valence-corrected chi connectivity index (χ0v) is 20.8. The molecule has 1 atom stereocenters. The molecule has 0 saturated heterocycles. The van der Waals surface area contributed by atoms with Gasteiger partial charge in [-0.05, 0) is 67.7 Å². The number of alkyl halides is 3. The molecule has 0 aromatic heterocycles. The SMILES string of the molecule is CC=C1CCCC2=C1[C@@H](c1ccc(C#N)cc1)N(CC(=O)N(C)C)C(=O)N2c1cccc(C(F)(F)F)c1. The van der Waals surface area contributed by atoms with Crippen molar-refractivity contribution in [2.45, 2.75) is 38.4 Å². The Labute approximate surface area is 213 Å². The van der Waals surface area contributed by atoms with Crippen LogP contribution >= 0.6 is 0 Å². The number of amides is 3. The van der Waals surface area contributed by atoms with Crippen molar-refractivity contribution in [3.63, 3.8) is 0 Å². The maximum Gasteiger partial charge on any atom is 0.416 e. The fraction of sp³-hybridized carbons (Fsp3) is 0.321. The highest BCUT2D eigenvalue weighted by Crippen LogP contribution is 2.47. The van der Waals surface area contributed by atoms with E-state index in [4.69, 9.17) is 0 Å². The number of likely N-dealkylation sites (N-methyl/N-ethyl adjacent to an activating group) is 1. The van der Waals surface area contributed by atoms with Gasteiger partial charge in [0.2, 0.25) is 5.91 Å². The smallest absolute Gasteiger partial charge is 0.347 e. The maximum absolute atomic E-state index is 14.1. The fourth-order valence-electron chi connectivity index (χ4n) is 4.90. The van der Waals surface area contributed by atoms with Crippen molar-refractivity contribution in [3.8, 4) is 6.07 Å². The Hall–Kier alpha value is -4.06. The molecule has 2 aromatic rings. The van der Waals surface area contributed by atoms with Crippen molar-refractivity contribution in [2.75, 3.05) is 25.5 Å². The molecule has 0 N–H and O–H groups in total. The Bertz CT molecular complexity index is 1320. The molecule has 1 aliphatic carbocycles. The molecule has 0 spiro atoms. The molecule has 0 radical (unpaired) electrons. The van der Waals surface area contributed by atoms with Crippen LogP contribution in [0.4, 0.5) is 23.7 Å². The van der Waals surface area contributed by atoms with E-state index in [0.717, 1.165) is 41.7 Å². The summed E-state index contributed by atoms with van der Waals surface area (Å²) in [6, 6.07) is 12.4. The zero-order valence-electron chi connectivity index (χ0n) is 20.8. The second-order valence-electron chi connectivity index (χ2n) is 9.25. The highest BCUT2D eigenvalue weighted by atomic mass is 19.4.